The van der Waals surface area contributed by atoms with E-state index in [-0.39, 0.29) is 31.9 Å². The summed E-state index contributed by atoms with van der Waals surface area (Å²) in [6.07, 6.45) is 5.01. The van der Waals surface area contributed by atoms with Crippen LogP contribution < -0.4 is 4.74 Å². The molecule has 56 heavy (non-hydrogen) atoms. The zero-order valence-corrected chi connectivity index (χ0v) is 34.3. The molecule has 0 saturated carbocycles. The molecule has 2 aromatic heterocycles. The van der Waals surface area contributed by atoms with E-state index in [1.54, 1.807) is 24.8 Å². The minimum absolute atomic E-state index is 0. The van der Waals surface area contributed by atoms with Gasteiger partial charge in [-0.25, -0.2) is 9.97 Å². The topological polar surface area (TPSA) is 108 Å². The molecule has 0 N–H and O–H groups in total. The molecule has 0 aliphatic heterocycles. The van der Waals surface area contributed by atoms with Gasteiger partial charge >= 0.3 is 21.1 Å². The molecule has 0 spiro atoms. The number of benzene rings is 6. The van der Waals surface area contributed by atoms with Gasteiger partial charge in [0, 0.05) is 11.5 Å². The summed E-state index contributed by atoms with van der Waals surface area (Å²) in [4.78, 5) is 18.8. The molecular formula is C48H38N6OPt. The predicted molar refractivity (Wildman–Crippen MR) is 218 cm³/mol. The average Bonchev–Trinajstić information content (AvgIpc) is 3.14. The Morgan fingerprint density at radius 1 is 0.536 bits per heavy atom. The standard InChI is InChI=1S/C48H38N6O.Pt/c1-47(2,3)23-29-7-13-39-43(17-29)51-27-53-45(39)41-21-35(19-33-15-31(25-49)9-11-37(33)41)55-36-20-34-16-32(26-50)10-12-38(34)42(22-36)46-40-14-8-30(24-48(4,5)6)18-44(40)52-28-54-46;/h7-20,27-28H,23-24H2,1-6H3;/q-2;+2. The van der Waals surface area contributed by atoms with Gasteiger partial charge in [0.05, 0.1) is 34.3 Å². The van der Waals surface area contributed by atoms with Gasteiger partial charge in [0.15, 0.2) is 0 Å². The smallest absolute Gasteiger partial charge is 0.497 e. The first-order valence-corrected chi connectivity index (χ1v) is 18.3. The van der Waals surface area contributed by atoms with Crippen molar-refractivity contribution in [2.45, 2.75) is 54.4 Å². The molecule has 0 unspecified atom stereocenters. The van der Waals surface area contributed by atoms with Gasteiger partial charge in [0.1, 0.15) is 12.7 Å². The molecule has 0 saturated heterocycles. The van der Waals surface area contributed by atoms with Crippen molar-refractivity contribution in [1.82, 2.24) is 19.9 Å². The van der Waals surface area contributed by atoms with Crippen LogP contribution >= 0.6 is 0 Å². The van der Waals surface area contributed by atoms with Gasteiger partial charge < -0.3 is 4.74 Å². The first-order chi connectivity index (χ1) is 26.3. The van der Waals surface area contributed by atoms with Gasteiger partial charge in [-0.3, -0.25) is 9.97 Å². The summed E-state index contributed by atoms with van der Waals surface area (Å²) >= 11 is 0. The predicted octanol–water partition coefficient (Wildman–Crippen LogP) is 11.5. The van der Waals surface area contributed by atoms with Crippen LogP contribution in [-0.4, -0.2) is 19.9 Å². The molecule has 8 aromatic rings. The molecule has 276 valence electrons. The monoisotopic (exact) mass is 909 g/mol. The molecule has 8 rings (SSSR count). The fraction of sp³-hybridized carbons (Fsp3) is 0.208. The first kappa shape index (κ1) is 38.3. The third-order valence-electron chi connectivity index (χ3n) is 9.53. The second-order valence-electron chi connectivity index (χ2n) is 16.6. The minimum atomic E-state index is 0. The summed E-state index contributed by atoms with van der Waals surface area (Å²) < 4.78 is 6.67. The summed E-state index contributed by atoms with van der Waals surface area (Å²) in [7, 11) is 0. The third kappa shape index (κ3) is 7.88. The van der Waals surface area contributed by atoms with Crippen LogP contribution in [0.2, 0.25) is 0 Å². The van der Waals surface area contributed by atoms with Gasteiger partial charge in [-0.2, -0.15) is 10.5 Å². The molecule has 0 bridgehead atoms. The van der Waals surface area contributed by atoms with Crippen molar-refractivity contribution in [3.63, 3.8) is 0 Å². The molecular weight excluding hydrogens is 872 g/mol. The maximum atomic E-state index is 9.81. The van der Waals surface area contributed by atoms with Gasteiger partial charge in [-0.15, -0.1) is 11.1 Å². The molecule has 7 nitrogen and oxygen atoms in total. The zero-order chi connectivity index (χ0) is 38.5. The first-order valence-electron chi connectivity index (χ1n) is 18.3. The van der Waals surface area contributed by atoms with Gasteiger partial charge in [-0.05, 0) is 69.1 Å². The summed E-state index contributed by atoms with van der Waals surface area (Å²) in [5.41, 5.74) is 8.31. The van der Waals surface area contributed by atoms with E-state index in [4.69, 9.17) is 14.7 Å². The summed E-state index contributed by atoms with van der Waals surface area (Å²) in [5, 5.41) is 24.8. The zero-order valence-electron chi connectivity index (χ0n) is 32.1. The van der Waals surface area contributed by atoms with Crippen LogP contribution in [0.15, 0.2) is 97.6 Å². The Balaban J connectivity index is 0.00000480. The van der Waals surface area contributed by atoms with Crippen LogP contribution in [0.1, 0.15) is 63.8 Å². The van der Waals surface area contributed by atoms with E-state index >= 15 is 0 Å². The Morgan fingerprint density at radius 2 is 0.946 bits per heavy atom. The van der Waals surface area contributed by atoms with Crippen molar-refractivity contribution in [1.29, 1.82) is 10.5 Å². The second-order valence-corrected chi connectivity index (χ2v) is 16.6. The Kier molecular flexibility index (Phi) is 10.2. The van der Waals surface area contributed by atoms with Crippen molar-refractivity contribution in [3.05, 3.63) is 132 Å². The van der Waals surface area contributed by atoms with Gasteiger partial charge in [0.2, 0.25) is 0 Å². The maximum absolute atomic E-state index is 9.81. The number of aromatic nitrogens is 4. The van der Waals surface area contributed by atoms with Crippen molar-refractivity contribution in [2.75, 3.05) is 0 Å². The molecule has 0 aliphatic carbocycles. The Hall–Kier alpha value is -6.01. The molecule has 8 heteroatoms. The molecule has 2 heterocycles. The quantitative estimate of drug-likeness (QED) is 0.153. The van der Waals surface area contributed by atoms with Crippen LogP contribution in [0.5, 0.6) is 11.5 Å². The maximum Gasteiger partial charge on any atom is 2.00 e. The van der Waals surface area contributed by atoms with E-state index in [1.807, 2.05) is 36.4 Å². The summed E-state index contributed by atoms with van der Waals surface area (Å²) in [6.45, 7) is 13.3. The number of hydrogen-bond donors (Lipinski definition) is 0. The van der Waals surface area contributed by atoms with Crippen LogP contribution in [0.25, 0.3) is 65.9 Å². The number of rotatable bonds is 6. The Bertz CT molecular complexity index is 2710. The molecule has 0 atom stereocenters. The number of nitrogens with zero attached hydrogens (tertiary/aromatic N) is 6. The Labute approximate surface area is 341 Å². The van der Waals surface area contributed by atoms with Gasteiger partial charge in [0.25, 0.3) is 0 Å². The molecule has 0 amide bonds. The van der Waals surface area contributed by atoms with E-state index < -0.39 is 0 Å². The van der Waals surface area contributed by atoms with Crippen molar-refractivity contribution < 1.29 is 25.8 Å². The Morgan fingerprint density at radius 3 is 1.34 bits per heavy atom. The van der Waals surface area contributed by atoms with Crippen LogP contribution in [0.4, 0.5) is 0 Å². The summed E-state index contributed by atoms with van der Waals surface area (Å²) in [5.74, 6) is 0.845. The van der Waals surface area contributed by atoms with E-state index in [0.29, 0.717) is 34.0 Å². The average molecular weight is 910 g/mol. The number of hydrogen-bond acceptors (Lipinski definition) is 7. The largest absolute Gasteiger partial charge is 2.00 e. The SMILES string of the molecule is CC(C)(C)Cc1ccc2c(-c3[c-]c(Oc4[c-]c(-c5ncnc6cc(CC(C)(C)C)ccc56)c5ccc(C#N)cc5c4)cc4cc(C#N)ccc34)ncnc2c1.[Pt+2]. The van der Waals surface area contributed by atoms with E-state index in [9.17, 15) is 10.5 Å². The third-order valence-corrected chi connectivity index (χ3v) is 9.53. The molecule has 6 aromatic carbocycles. The van der Waals surface area contributed by atoms with Gasteiger partial charge in [-0.1, -0.05) is 148 Å². The summed E-state index contributed by atoms with van der Waals surface area (Å²) in [6, 6.07) is 39.2. The van der Waals surface area contributed by atoms with E-state index in [0.717, 1.165) is 67.3 Å². The van der Waals surface area contributed by atoms with Crippen LogP contribution in [0, 0.1) is 45.6 Å². The number of nitriles is 2. The second kappa shape index (κ2) is 14.9. The van der Waals surface area contributed by atoms with Crippen molar-refractivity contribution in [2.24, 2.45) is 10.8 Å². The fourth-order valence-electron chi connectivity index (χ4n) is 7.34. The van der Waals surface area contributed by atoms with E-state index in [2.05, 4.69) is 112 Å². The fourth-order valence-corrected chi connectivity index (χ4v) is 7.34. The van der Waals surface area contributed by atoms with Crippen molar-refractivity contribution >= 4 is 43.4 Å². The molecule has 0 fully saturated rings. The molecule has 0 aliphatic rings. The normalized spacial score (nSPS) is 11.7. The molecule has 0 radical (unpaired) electrons. The van der Waals surface area contributed by atoms with Crippen molar-refractivity contribution in [3.8, 4) is 46.2 Å². The number of fused-ring (bicyclic) bond motifs is 4. The number of ether oxygens (including phenoxy) is 1. The minimum Gasteiger partial charge on any atom is -0.497 e. The van der Waals surface area contributed by atoms with E-state index in [1.165, 1.54) is 11.1 Å². The van der Waals surface area contributed by atoms with Crippen LogP contribution in [-0.2, 0) is 33.9 Å². The van der Waals surface area contributed by atoms with Crippen LogP contribution in [0.3, 0.4) is 0 Å².